The van der Waals surface area contributed by atoms with Crippen molar-refractivity contribution in [2.24, 2.45) is 17.6 Å². The van der Waals surface area contributed by atoms with Crippen LogP contribution in [-0.4, -0.2) is 32.2 Å². The smallest absolute Gasteiger partial charge is 0.220 e. The fourth-order valence-electron chi connectivity index (χ4n) is 1.79. The molecule has 4 nitrogen and oxygen atoms in total. The summed E-state index contributed by atoms with van der Waals surface area (Å²) in [5.41, 5.74) is 5.53. The third-order valence-electron chi connectivity index (χ3n) is 2.95. The van der Waals surface area contributed by atoms with E-state index in [2.05, 4.69) is 26.1 Å². The van der Waals surface area contributed by atoms with Gasteiger partial charge in [0, 0.05) is 19.6 Å². The lowest BCUT2D eigenvalue weighted by Crippen LogP contribution is -2.28. The van der Waals surface area contributed by atoms with Crippen LogP contribution < -0.4 is 11.1 Å². The van der Waals surface area contributed by atoms with E-state index in [-0.39, 0.29) is 5.91 Å². The van der Waals surface area contributed by atoms with E-state index in [9.17, 15) is 4.79 Å². The monoisotopic (exact) mass is 258 g/mol. The summed E-state index contributed by atoms with van der Waals surface area (Å²) >= 11 is 0. The van der Waals surface area contributed by atoms with Gasteiger partial charge in [0.05, 0.1) is 6.61 Å². The second-order valence-corrected chi connectivity index (χ2v) is 5.21. The van der Waals surface area contributed by atoms with E-state index in [1.807, 2.05) is 0 Å². The Morgan fingerprint density at radius 3 is 2.61 bits per heavy atom. The van der Waals surface area contributed by atoms with Crippen molar-refractivity contribution in [3.63, 3.8) is 0 Å². The lowest BCUT2D eigenvalue weighted by atomic mass is 9.96. The van der Waals surface area contributed by atoms with Crippen molar-refractivity contribution in [2.45, 2.75) is 46.5 Å². The van der Waals surface area contributed by atoms with Crippen LogP contribution in [0.2, 0.25) is 0 Å². The molecule has 0 aliphatic heterocycles. The zero-order chi connectivity index (χ0) is 13.8. The third-order valence-corrected chi connectivity index (χ3v) is 2.95. The van der Waals surface area contributed by atoms with Gasteiger partial charge in [0.15, 0.2) is 0 Å². The maximum Gasteiger partial charge on any atom is 0.220 e. The Labute approximate surface area is 112 Å². The number of carbonyl (C=O) groups is 1. The SMILES string of the molecule is CCC(CCN)CCC(=O)NCCOCC(C)C. The fraction of sp³-hybridized carbons (Fsp3) is 0.929. The van der Waals surface area contributed by atoms with E-state index in [1.165, 1.54) is 0 Å². The predicted octanol–water partition coefficient (Wildman–Crippen LogP) is 1.93. The van der Waals surface area contributed by atoms with Crippen molar-refractivity contribution in [1.82, 2.24) is 5.32 Å². The van der Waals surface area contributed by atoms with E-state index >= 15 is 0 Å². The first-order valence-corrected chi connectivity index (χ1v) is 7.14. The Morgan fingerprint density at radius 2 is 2.06 bits per heavy atom. The molecule has 1 amide bonds. The lowest BCUT2D eigenvalue weighted by molar-refractivity contribution is -0.121. The molecule has 0 fully saturated rings. The predicted molar refractivity (Wildman–Crippen MR) is 75.4 cm³/mol. The van der Waals surface area contributed by atoms with Crippen LogP contribution >= 0.6 is 0 Å². The Balaban J connectivity index is 3.47. The summed E-state index contributed by atoms with van der Waals surface area (Å²) in [6.07, 6.45) is 3.65. The highest BCUT2D eigenvalue weighted by molar-refractivity contribution is 5.75. The van der Waals surface area contributed by atoms with Crippen LogP contribution in [0.25, 0.3) is 0 Å². The average Bonchev–Trinajstić information content (AvgIpc) is 2.33. The number of nitrogens with two attached hydrogens (primary N) is 1. The zero-order valence-electron chi connectivity index (χ0n) is 12.2. The maximum atomic E-state index is 11.6. The van der Waals surface area contributed by atoms with Crippen LogP contribution in [0.15, 0.2) is 0 Å². The number of amides is 1. The molecule has 0 saturated carbocycles. The Hall–Kier alpha value is -0.610. The summed E-state index contributed by atoms with van der Waals surface area (Å²) in [5.74, 6) is 1.25. The summed E-state index contributed by atoms with van der Waals surface area (Å²) in [5, 5.41) is 2.88. The summed E-state index contributed by atoms with van der Waals surface area (Å²) in [6, 6.07) is 0. The van der Waals surface area contributed by atoms with E-state index in [4.69, 9.17) is 10.5 Å². The Kier molecular flexibility index (Phi) is 11.1. The van der Waals surface area contributed by atoms with Crippen LogP contribution in [0.4, 0.5) is 0 Å². The summed E-state index contributed by atoms with van der Waals surface area (Å²) in [4.78, 5) is 11.6. The van der Waals surface area contributed by atoms with E-state index in [1.54, 1.807) is 0 Å². The van der Waals surface area contributed by atoms with Gasteiger partial charge in [-0.25, -0.2) is 0 Å². The van der Waals surface area contributed by atoms with Gasteiger partial charge in [-0.2, -0.15) is 0 Å². The molecule has 0 rings (SSSR count). The van der Waals surface area contributed by atoms with Crippen molar-refractivity contribution >= 4 is 5.91 Å². The molecule has 0 aromatic carbocycles. The highest BCUT2D eigenvalue weighted by atomic mass is 16.5. The van der Waals surface area contributed by atoms with Gasteiger partial charge in [-0.05, 0) is 31.2 Å². The molecule has 0 spiro atoms. The molecule has 0 bridgehead atoms. The van der Waals surface area contributed by atoms with Crippen LogP contribution in [0.1, 0.15) is 46.5 Å². The molecule has 0 aromatic rings. The number of ether oxygens (including phenoxy) is 1. The molecule has 1 unspecified atom stereocenters. The molecule has 4 heteroatoms. The number of rotatable bonds is 11. The highest BCUT2D eigenvalue weighted by Gasteiger charge is 2.08. The maximum absolute atomic E-state index is 11.6. The topological polar surface area (TPSA) is 64.4 Å². The minimum atomic E-state index is 0.124. The molecule has 3 N–H and O–H groups in total. The summed E-state index contributed by atoms with van der Waals surface area (Å²) in [6.45, 7) is 9.05. The van der Waals surface area contributed by atoms with E-state index in [0.29, 0.717) is 38.0 Å². The van der Waals surface area contributed by atoms with Crippen LogP contribution in [0.3, 0.4) is 0 Å². The van der Waals surface area contributed by atoms with Crippen LogP contribution in [0, 0.1) is 11.8 Å². The van der Waals surface area contributed by atoms with Gasteiger partial charge in [0.1, 0.15) is 0 Å². The summed E-state index contributed by atoms with van der Waals surface area (Å²) < 4.78 is 5.40. The second-order valence-electron chi connectivity index (χ2n) is 5.21. The van der Waals surface area contributed by atoms with Gasteiger partial charge in [0.25, 0.3) is 0 Å². The van der Waals surface area contributed by atoms with Crippen molar-refractivity contribution in [2.75, 3.05) is 26.3 Å². The summed E-state index contributed by atoms with van der Waals surface area (Å²) in [7, 11) is 0. The van der Waals surface area contributed by atoms with Crippen molar-refractivity contribution in [3.8, 4) is 0 Å². The first-order chi connectivity index (χ1) is 8.60. The third kappa shape index (κ3) is 10.5. The first-order valence-electron chi connectivity index (χ1n) is 7.14. The molecular formula is C14H30N2O2. The first kappa shape index (κ1) is 17.4. The molecule has 0 aliphatic rings. The van der Waals surface area contributed by atoms with Gasteiger partial charge in [0.2, 0.25) is 5.91 Å². The number of hydrogen-bond acceptors (Lipinski definition) is 3. The molecular weight excluding hydrogens is 228 g/mol. The molecule has 0 radical (unpaired) electrons. The molecule has 108 valence electrons. The van der Waals surface area contributed by atoms with Gasteiger partial charge in [-0.1, -0.05) is 27.2 Å². The minimum Gasteiger partial charge on any atom is -0.379 e. The normalized spacial score (nSPS) is 12.7. The van der Waals surface area contributed by atoms with Gasteiger partial charge in [-0.15, -0.1) is 0 Å². The van der Waals surface area contributed by atoms with Gasteiger partial charge < -0.3 is 15.8 Å². The van der Waals surface area contributed by atoms with Crippen LogP contribution in [0.5, 0.6) is 0 Å². The fourth-order valence-corrected chi connectivity index (χ4v) is 1.79. The molecule has 0 aromatic heterocycles. The number of nitrogens with one attached hydrogen (secondary N) is 1. The molecule has 0 saturated heterocycles. The van der Waals surface area contributed by atoms with Crippen molar-refractivity contribution < 1.29 is 9.53 Å². The zero-order valence-corrected chi connectivity index (χ0v) is 12.2. The van der Waals surface area contributed by atoms with E-state index < -0.39 is 0 Å². The quantitative estimate of drug-likeness (QED) is 0.557. The van der Waals surface area contributed by atoms with Crippen molar-refractivity contribution in [1.29, 1.82) is 0 Å². The molecule has 1 atom stereocenters. The standard InChI is InChI=1S/C14H30N2O2/c1-4-13(7-8-15)5-6-14(17)16-9-10-18-11-12(2)3/h12-13H,4-11,15H2,1-3H3,(H,16,17). The molecule has 0 aliphatic carbocycles. The highest BCUT2D eigenvalue weighted by Crippen LogP contribution is 2.14. The minimum absolute atomic E-state index is 0.124. The number of hydrogen-bond donors (Lipinski definition) is 2. The van der Waals surface area contributed by atoms with E-state index in [0.717, 1.165) is 25.9 Å². The molecule has 0 heterocycles. The van der Waals surface area contributed by atoms with Crippen LogP contribution in [-0.2, 0) is 9.53 Å². The molecule has 18 heavy (non-hydrogen) atoms. The van der Waals surface area contributed by atoms with Gasteiger partial charge in [-0.3, -0.25) is 4.79 Å². The Bertz CT molecular complexity index is 208. The Morgan fingerprint density at radius 1 is 1.33 bits per heavy atom. The lowest BCUT2D eigenvalue weighted by Gasteiger charge is -2.13. The number of carbonyl (C=O) groups excluding carboxylic acids is 1. The van der Waals surface area contributed by atoms with Gasteiger partial charge >= 0.3 is 0 Å². The largest absolute Gasteiger partial charge is 0.379 e. The van der Waals surface area contributed by atoms with Crippen molar-refractivity contribution in [3.05, 3.63) is 0 Å². The average molecular weight is 258 g/mol. The second kappa shape index (κ2) is 11.5.